The standard InChI is InChI=1S/C18H22N6O2/c1-4-24-6-5-11-7-13(12-8-20-17(19)21-9-12)22-15(14(11)16(24)26)23-18(2,3)10-25/h5-9,25H,4,10H2,1-3H3,(H,22,23)(H2,19,20,21). The monoisotopic (exact) mass is 354 g/mol. The molecule has 0 saturated heterocycles. The summed E-state index contributed by atoms with van der Waals surface area (Å²) in [6.45, 7) is 6.03. The van der Waals surface area contributed by atoms with Crippen molar-refractivity contribution in [1.29, 1.82) is 0 Å². The molecule has 0 fully saturated rings. The van der Waals surface area contributed by atoms with E-state index in [0.717, 1.165) is 5.39 Å². The Morgan fingerprint density at radius 2 is 2.00 bits per heavy atom. The number of anilines is 2. The van der Waals surface area contributed by atoms with E-state index < -0.39 is 5.54 Å². The Morgan fingerprint density at radius 1 is 1.31 bits per heavy atom. The van der Waals surface area contributed by atoms with Crippen LogP contribution in [0.5, 0.6) is 0 Å². The maximum atomic E-state index is 12.8. The van der Waals surface area contributed by atoms with Crippen molar-refractivity contribution < 1.29 is 5.11 Å². The minimum atomic E-state index is -0.643. The van der Waals surface area contributed by atoms with Crippen LogP contribution in [-0.4, -0.2) is 36.8 Å². The number of nitrogens with two attached hydrogens (primary N) is 1. The molecule has 8 heteroatoms. The lowest BCUT2D eigenvalue weighted by molar-refractivity contribution is 0.234. The third kappa shape index (κ3) is 3.36. The summed E-state index contributed by atoms with van der Waals surface area (Å²) < 4.78 is 1.62. The number of aliphatic hydroxyl groups excluding tert-OH is 1. The third-order valence-electron chi connectivity index (χ3n) is 4.12. The number of hydrogen-bond donors (Lipinski definition) is 3. The SMILES string of the molecule is CCn1ccc2cc(-c3cnc(N)nc3)nc(NC(C)(C)CO)c2c1=O. The second-order valence-electron chi connectivity index (χ2n) is 6.72. The van der Waals surface area contributed by atoms with Gasteiger partial charge in [-0.1, -0.05) is 0 Å². The molecule has 0 bridgehead atoms. The van der Waals surface area contributed by atoms with Crippen LogP contribution in [0.25, 0.3) is 22.0 Å². The van der Waals surface area contributed by atoms with Crippen LogP contribution in [0.3, 0.4) is 0 Å². The molecule has 0 aliphatic carbocycles. The molecule has 0 aliphatic heterocycles. The Hall–Kier alpha value is -3.00. The van der Waals surface area contributed by atoms with Crippen molar-refractivity contribution in [3.8, 4) is 11.3 Å². The topological polar surface area (TPSA) is 119 Å². The molecule has 0 aromatic carbocycles. The van der Waals surface area contributed by atoms with E-state index in [2.05, 4.69) is 20.3 Å². The van der Waals surface area contributed by atoms with Crippen LogP contribution in [0.15, 0.2) is 35.5 Å². The molecule has 4 N–H and O–H groups in total. The normalized spacial score (nSPS) is 11.7. The molecule has 8 nitrogen and oxygen atoms in total. The van der Waals surface area contributed by atoms with E-state index in [9.17, 15) is 9.90 Å². The van der Waals surface area contributed by atoms with Crippen molar-refractivity contribution in [3.05, 3.63) is 41.1 Å². The highest BCUT2D eigenvalue weighted by atomic mass is 16.3. The van der Waals surface area contributed by atoms with Crippen molar-refractivity contribution in [3.63, 3.8) is 0 Å². The summed E-state index contributed by atoms with van der Waals surface area (Å²) in [6, 6.07) is 3.70. The molecule has 136 valence electrons. The van der Waals surface area contributed by atoms with E-state index in [1.807, 2.05) is 32.9 Å². The molecular formula is C18H22N6O2. The van der Waals surface area contributed by atoms with E-state index in [4.69, 9.17) is 5.73 Å². The molecule has 3 heterocycles. The number of nitrogens with one attached hydrogen (secondary N) is 1. The largest absolute Gasteiger partial charge is 0.394 e. The van der Waals surface area contributed by atoms with Gasteiger partial charge in [0.2, 0.25) is 5.95 Å². The Morgan fingerprint density at radius 3 is 2.62 bits per heavy atom. The van der Waals surface area contributed by atoms with Gasteiger partial charge in [0.15, 0.2) is 0 Å². The Bertz CT molecular complexity index is 995. The number of nitrogen functional groups attached to an aromatic ring is 1. The van der Waals surface area contributed by atoms with Gasteiger partial charge in [-0.15, -0.1) is 0 Å². The third-order valence-corrected chi connectivity index (χ3v) is 4.12. The molecule has 0 unspecified atom stereocenters. The van der Waals surface area contributed by atoms with E-state index >= 15 is 0 Å². The molecule has 0 atom stereocenters. The fraction of sp³-hybridized carbons (Fsp3) is 0.333. The molecule has 26 heavy (non-hydrogen) atoms. The van der Waals surface area contributed by atoms with E-state index in [1.165, 1.54) is 0 Å². The van der Waals surface area contributed by atoms with Gasteiger partial charge in [0.05, 0.1) is 23.2 Å². The summed E-state index contributed by atoms with van der Waals surface area (Å²) >= 11 is 0. The molecule has 3 rings (SSSR count). The zero-order valence-electron chi connectivity index (χ0n) is 15.0. The molecule has 0 aliphatic rings. The minimum Gasteiger partial charge on any atom is -0.394 e. The average molecular weight is 354 g/mol. The molecule has 0 saturated carbocycles. The summed E-state index contributed by atoms with van der Waals surface area (Å²) in [6.07, 6.45) is 4.93. The first-order valence-electron chi connectivity index (χ1n) is 8.36. The zero-order valence-corrected chi connectivity index (χ0v) is 15.0. The van der Waals surface area contributed by atoms with Gasteiger partial charge in [0, 0.05) is 30.7 Å². The van der Waals surface area contributed by atoms with Gasteiger partial charge in [0.1, 0.15) is 5.82 Å². The Labute approximate surface area is 150 Å². The van der Waals surface area contributed by atoms with Crippen LogP contribution in [0.2, 0.25) is 0 Å². The van der Waals surface area contributed by atoms with Crippen molar-refractivity contribution in [1.82, 2.24) is 19.5 Å². The smallest absolute Gasteiger partial charge is 0.262 e. The van der Waals surface area contributed by atoms with Gasteiger partial charge in [-0.3, -0.25) is 4.79 Å². The minimum absolute atomic E-state index is 0.111. The van der Waals surface area contributed by atoms with Crippen LogP contribution in [0.1, 0.15) is 20.8 Å². The average Bonchev–Trinajstić information content (AvgIpc) is 2.62. The van der Waals surface area contributed by atoms with Crippen LogP contribution in [-0.2, 0) is 6.54 Å². The van der Waals surface area contributed by atoms with Crippen LogP contribution < -0.4 is 16.6 Å². The zero-order chi connectivity index (χ0) is 18.9. The summed E-state index contributed by atoms with van der Waals surface area (Å²) in [5, 5.41) is 14.0. The number of fused-ring (bicyclic) bond motifs is 1. The van der Waals surface area contributed by atoms with Gasteiger partial charge in [-0.05, 0) is 38.3 Å². The molecule has 0 radical (unpaired) electrons. The van der Waals surface area contributed by atoms with Gasteiger partial charge >= 0.3 is 0 Å². The van der Waals surface area contributed by atoms with Crippen molar-refractivity contribution in [2.24, 2.45) is 0 Å². The number of aryl methyl sites for hydroxylation is 1. The maximum absolute atomic E-state index is 12.8. The van der Waals surface area contributed by atoms with Crippen LogP contribution in [0, 0.1) is 0 Å². The lowest BCUT2D eigenvalue weighted by Crippen LogP contribution is -2.36. The fourth-order valence-corrected chi connectivity index (χ4v) is 2.62. The first-order chi connectivity index (χ1) is 12.3. The fourth-order valence-electron chi connectivity index (χ4n) is 2.62. The maximum Gasteiger partial charge on any atom is 0.262 e. The number of aromatic nitrogens is 4. The summed E-state index contributed by atoms with van der Waals surface area (Å²) in [7, 11) is 0. The van der Waals surface area contributed by atoms with E-state index in [0.29, 0.717) is 29.0 Å². The van der Waals surface area contributed by atoms with Gasteiger partial charge in [-0.25, -0.2) is 15.0 Å². The number of nitrogens with zero attached hydrogens (tertiary/aromatic N) is 4. The van der Waals surface area contributed by atoms with Crippen molar-refractivity contribution in [2.75, 3.05) is 17.7 Å². The highest BCUT2D eigenvalue weighted by Gasteiger charge is 2.20. The quantitative estimate of drug-likeness (QED) is 0.637. The second-order valence-corrected chi connectivity index (χ2v) is 6.72. The van der Waals surface area contributed by atoms with Gasteiger partial charge in [0.25, 0.3) is 5.56 Å². The Balaban J connectivity index is 2.27. The molecular weight excluding hydrogens is 332 g/mol. The van der Waals surface area contributed by atoms with Crippen molar-refractivity contribution >= 4 is 22.5 Å². The molecule has 0 amide bonds. The molecule has 0 spiro atoms. The lowest BCUT2D eigenvalue weighted by Gasteiger charge is -2.25. The van der Waals surface area contributed by atoms with E-state index in [1.54, 1.807) is 23.2 Å². The molecule has 3 aromatic rings. The summed E-state index contributed by atoms with van der Waals surface area (Å²) in [4.78, 5) is 25.4. The van der Waals surface area contributed by atoms with Gasteiger partial charge < -0.3 is 20.7 Å². The predicted octanol–water partition coefficient (Wildman–Crippen LogP) is 1.64. The van der Waals surface area contributed by atoms with Gasteiger partial charge in [-0.2, -0.15) is 0 Å². The first-order valence-corrected chi connectivity index (χ1v) is 8.36. The first kappa shape index (κ1) is 17.8. The second kappa shape index (κ2) is 6.72. The highest BCUT2D eigenvalue weighted by Crippen LogP contribution is 2.27. The van der Waals surface area contributed by atoms with Crippen LogP contribution >= 0.6 is 0 Å². The summed E-state index contributed by atoms with van der Waals surface area (Å²) in [5.74, 6) is 0.598. The van der Waals surface area contributed by atoms with E-state index in [-0.39, 0.29) is 18.1 Å². The molecule has 3 aromatic heterocycles. The highest BCUT2D eigenvalue weighted by molar-refractivity contribution is 5.94. The van der Waals surface area contributed by atoms with Crippen molar-refractivity contribution in [2.45, 2.75) is 32.9 Å². The Kier molecular flexibility index (Phi) is 4.60. The number of aliphatic hydroxyl groups is 1. The number of hydrogen-bond acceptors (Lipinski definition) is 7. The number of pyridine rings is 2. The summed E-state index contributed by atoms with van der Waals surface area (Å²) in [5.41, 5.74) is 6.08. The lowest BCUT2D eigenvalue weighted by atomic mass is 10.1. The predicted molar refractivity (Wildman–Crippen MR) is 102 cm³/mol. The number of rotatable bonds is 5. The van der Waals surface area contributed by atoms with Crippen LogP contribution in [0.4, 0.5) is 11.8 Å².